The molecule has 0 aliphatic heterocycles. The van der Waals surface area contributed by atoms with E-state index in [0.717, 1.165) is 44.2 Å². The zero-order valence-corrected chi connectivity index (χ0v) is 12.7. The Morgan fingerprint density at radius 2 is 1.95 bits per heavy atom. The first-order chi connectivity index (χ1) is 8.90. The van der Waals surface area contributed by atoms with Crippen LogP contribution >= 0.6 is 0 Å². The van der Waals surface area contributed by atoms with Gasteiger partial charge in [0.2, 0.25) is 0 Å². The van der Waals surface area contributed by atoms with Crippen molar-refractivity contribution >= 4 is 0 Å². The lowest BCUT2D eigenvalue weighted by Gasteiger charge is -2.39. The topological polar surface area (TPSA) is 41.6 Å². The van der Waals surface area contributed by atoms with Gasteiger partial charge < -0.3 is 0 Å². The summed E-state index contributed by atoms with van der Waals surface area (Å²) in [5.74, 6) is 0. The number of hydrogen-bond donors (Lipinski definition) is 0. The number of aromatic nitrogens is 2. The first-order valence-electron chi connectivity index (χ1n) is 7.33. The van der Waals surface area contributed by atoms with Crippen molar-refractivity contribution < 1.29 is 0 Å². The van der Waals surface area contributed by atoms with Crippen molar-refractivity contribution in [1.82, 2.24) is 9.78 Å². The van der Waals surface area contributed by atoms with E-state index in [2.05, 4.69) is 38.0 Å². The quantitative estimate of drug-likeness (QED) is 0.831. The third-order valence-corrected chi connectivity index (χ3v) is 4.71. The van der Waals surface area contributed by atoms with Crippen LogP contribution in [0.15, 0.2) is 6.07 Å². The Bertz CT molecular complexity index is 481. The van der Waals surface area contributed by atoms with Gasteiger partial charge in [-0.2, -0.15) is 10.4 Å². The van der Waals surface area contributed by atoms with Gasteiger partial charge in [-0.1, -0.05) is 20.8 Å². The van der Waals surface area contributed by atoms with Gasteiger partial charge in [-0.15, -0.1) is 0 Å². The molecule has 1 fully saturated rings. The minimum atomic E-state index is -0.172. The van der Waals surface area contributed by atoms with Gasteiger partial charge in [-0.05, 0) is 43.6 Å². The fourth-order valence-corrected chi connectivity index (χ4v) is 2.99. The third kappa shape index (κ3) is 3.00. The first-order valence-corrected chi connectivity index (χ1v) is 7.33. The van der Waals surface area contributed by atoms with Gasteiger partial charge in [-0.25, -0.2) is 0 Å². The molecule has 0 N–H and O–H groups in total. The van der Waals surface area contributed by atoms with Crippen LogP contribution in [-0.2, 0) is 19.9 Å². The second-order valence-corrected chi connectivity index (χ2v) is 6.84. The highest BCUT2D eigenvalue weighted by Crippen LogP contribution is 2.46. The van der Waals surface area contributed by atoms with Crippen LogP contribution in [0, 0.1) is 22.2 Å². The molecule has 0 spiro atoms. The van der Waals surface area contributed by atoms with Gasteiger partial charge in [0.25, 0.3) is 0 Å². The van der Waals surface area contributed by atoms with Crippen LogP contribution in [0.3, 0.4) is 0 Å². The molecule has 104 valence electrons. The largest absolute Gasteiger partial charge is 0.272 e. The molecule has 0 amide bonds. The zero-order valence-electron chi connectivity index (χ0n) is 12.7. The zero-order chi connectivity index (χ0) is 14.1. The van der Waals surface area contributed by atoms with E-state index in [9.17, 15) is 5.26 Å². The fourth-order valence-electron chi connectivity index (χ4n) is 2.99. The molecular formula is C16H25N3. The number of hydrogen-bond acceptors (Lipinski definition) is 2. The highest BCUT2D eigenvalue weighted by Gasteiger charge is 2.39. The van der Waals surface area contributed by atoms with Crippen LogP contribution in [0.4, 0.5) is 0 Å². The monoisotopic (exact) mass is 259 g/mol. The van der Waals surface area contributed by atoms with Gasteiger partial charge in [0.15, 0.2) is 0 Å². The summed E-state index contributed by atoms with van der Waals surface area (Å²) in [5.41, 5.74) is 2.57. The van der Waals surface area contributed by atoms with Crippen molar-refractivity contribution in [3.05, 3.63) is 17.5 Å². The molecule has 1 aromatic heterocycles. The molecule has 1 aromatic rings. The molecule has 1 aliphatic rings. The van der Waals surface area contributed by atoms with E-state index in [1.54, 1.807) is 0 Å². The van der Waals surface area contributed by atoms with E-state index >= 15 is 0 Å². The third-order valence-electron chi connectivity index (χ3n) is 4.71. The van der Waals surface area contributed by atoms with Crippen molar-refractivity contribution in [3.63, 3.8) is 0 Å². The van der Waals surface area contributed by atoms with Gasteiger partial charge in [0, 0.05) is 19.2 Å². The van der Waals surface area contributed by atoms with Crippen LogP contribution in [0.2, 0.25) is 0 Å². The van der Waals surface area contributed by atoms with Crippen LogP contribution in [0.5, 0.6) is 0 Å². The number of nitriles is 1. The summed E-state index contributed by atoms with van der Waals surface area (Å²) in [6.07, 6.45) is 6.15. The van der Waals surface area contributed by atoms with Crippen molar-refractivity contribution in [2.75, 3.05) is 0 Å². The fraction of sp³-hybridized carbons (Fsp3) is 0.750. The molecule has 0 unspecified atom stereocenters. The van der Waals surface area contributed by atoms with E-state index < -0.39 is 0 Å². The molecule has 2 rings (SSSR count). The number of aryl methyl sites for hydroxylation is 2. The van der Waals surface area contributed by atoms with Gasteiger partial charge in [-0.3, -0.25) is 4.68 Å². The van der Waals surface area contributed by atoms with E-state index in [4.69, 9.17) is 0 Å². The minimum Gasteiger partial charge on any atom is -0.272 e. The van der Waals surface area contributed by atoms with E-state index in [1.807, 2.05) is 11.7 Å². The normalized spacial score (nSPS) is 21.0. The lowest BCUT2D eigenvalue weighted by Crippen LogP contribution is -2.32. The van der Waals surface area contributed by atoms with Crippen LogP contribution in [-0.4, -0.2) is 9.78 Å². The predicted molar refractivity (Wildman–Crippen MR) is 76.6 cm³/mol. The molecule has 0 bridgehead atoms. The van der Waals surface area contributed by atoms with E-state index in [-0.39, 0.29) is 5.41 Å². The molecule has 1 aliphatic carbocycles. The Morgan fingerprint density at radius 3 is 2.42 bits per heavy atom. The van der Waals surface area contributed by atoms with Crippen molar-refractivity contribution in [1.29, 1.82) is 5.26 Å². The summed E-state index contributed by atoms with van der Waals surface area (Å²) < 4.78 is 1.96. The van der Waals surface area contributed by atoms with E-state index in [1.165, 1.54) is 5.69 Å². The van der Waals surface area contributed by atoms with Crippen LogP contribution in [0.1, 0.15) is 57.8 Å². The molecule has 19 heavy (non-hydrogen) atoms. The van der Waals surface area contributed by atoms with Gasteiger partial charge in [0.1, 0.15) is 0 Å². The summed E-state index contributed by atoms with van der Waals surface area (Å²) in [7, 11) is 1.99. The minimum absolute atomic E-state index is 0.172. The SMILES string of the molecule is CCc1cc(CC2(C#N)CCC(C)(C)CC2)n(C)n1. The molecule has 3 heteroatoms. The molecule has 0 saturated heterocycles. The highest BCUT2D eigenvalue weighted by molar-refractivity contribution is 5.16. The second kappa shape index (κ2) is 5.00. The molecule has 1 saturated carbocycles. The summed E-state index contributed by atoms with van der Waals surface area (Å²) >= 11 is 0. The average Bonchev–Trinajstić information content (AvgIpc) is 2.73. The molecular weight excluding hydrogens is 234 g/mol. The maximum atomic E-state index is 9.65. The summed E-state index contributed by atoms with van der Waals surface area (Å²) in [4.78, 5) is 0. The molecule has 3 nitrogen and oxygen atoms in total. The predicted octanol–water partition coefficient (Wildman–Crippen LogP) is 3.64. The second-order valence-electron chi connectivity index (χ2n) is 6.84. The number of nitrogens with zero attached hydrogens (tertiary/aromatic N) is 3. The summed E-state index contributed by atoms with van der Waals surface area (Å²) in [5, 5.41) is 14.1. The van der Waals surface area contributed by atoms with Crippen LogP contribution in [0.25, 0.3) is 0 Å². The number of rotatable bonds is 3. The van der Waals surface area contributed by atoms with Crippen molar-refractivity contribution in [2.45, 2.75) is 59.3 Å². The van der Waals surface area contributed by atoms with Gasteiger partial charge in [0.05, 0.1) is 17.2 Å². The smallest absolute Gasteiger partial charge is 0.0693 e. The highest BCUT2D eigenvalue weighted by atomic mass is 15.3. The molecule has 0 radical (unpaired) electrons. The van der Waals surface area contributed by atoms with Crippen molar-refractivity contribution in [2.24, 2.45) is 17.9 Å². The van der Waals surface area contributed by atoms with Crippen LogP contribution < -0.4 is 0 Å². The maximum absolute atomic E-state index is 9.65. The Labute approximate surface area is 116 Å². The molecule has 0 atom stereocenters. The first kappa shape index (κ1) is 14.1. The lowest BCUT2D eigenvalue weighted by atomic mass is 9.64. The Balaban J connectivity index is 2.16. The average molecular weight is 259 g/mol. The standard InChI is InChI=1S/C16H25N3/c1-5-13-10-14(19(4)18-13)11-16(12-17)8-6-15(2,3)7-9-16/h10H,5-9,11H2,1-4H3. The summed E-state index contributed by atoms with van der Waals surface area (Å²) in [6, 6.07) is 4.78. The molecule has 0 aromatic carbocycles. The Kier molecular flexibility index (Phi) is 3.71. The Morgan fingerprint density at radius 1 is 1.32 bits per heavy atom. The van der Waals surface area contributed by atoms with Gasteiger partial charge >= 0.3 is 0 Å². The molecule has 1 heterocycles. The maximum Gasteiger partial charge on any atom is 0.0693 e. The van der Waals surface area contributed by atoms with Crippen molar-refractivity contribution in [3.8, 4) is 6.07 Å². The summed E-state index contributed by atoms with van der Waals surface area (Å²) in [6.45, 7) is 6.75. The Hall–Kier alpha value is -1.30. The lowest BCUT2D eigenvalue weighted by molar-refractivity contribution is 0.144. The van der Waals surface area contributed by atoms with E-state index in [0.29, 0.717) is 5.41 Å².